The third-order valence-electron chi connectivity index (χ3n) is 3.68. The molecule has 0 aliphatic carbocycles. The van der Waals surface area contributed by atoms with Gasteiger partial charge in [0.1, 0.15) is 4.90 Å². The summed E-state index contributed by atoms with van der Waals surface area (Å²) >= 11 is 6.05. The zero-order chi connectivity index (χ0) is 15.8. The van der Waals surface area contributed by atoms with Crippen LogP contribution in [0.25, 0.3) is 0 Å². The number of aliphatic carboxylic acids is 1. The van der Waals surface area contributed by atoms with Crippen LogP contribution in [0, 0.1) is 18.8 Å². The Hall–Kier alpha value is -1.11. The molecule has 7 heteroatoms. The fourth-order valence-corrected chi connectivity index (χ4v) is 4.81. The number of carboxylic acid groups (broad SMARTS) is 1. The second-order valence-electron chi connectivity index (χ2n) is 5.63. The van der Waals surface area contributed by atoms with Crippen molar-refractivity contribution < 1.29 is 18.3 Å². The number of halogens is 1. The van der Waals surface area contributed by atoms with Crippen molar-refractivity contribution in [1.29, 1.82) is 0 Å². The summed E-state index contributed by atoms with van der Waals surface area (Å²) in [7, 11) is -3.77. The summed E-state index contributed by atoms with van der Waals surface area (Å²) in [6, 6.07) is 4.75. The molecule has 1 aliphatic heterocycles. The van der Waals surface area contributed by atoms with Crippen molar-refractivity contribution in [3.63, 3.8) is 0 Å². The molecule has 5 nitrogen and oxygen atoms in total. The van der Waals surface area contributed by atoms with Crippen LogP contribution in [0.1, 0.15) is 18.9 Å². The first kappa shape index (κ1) is 16.3. The van der Waals surface area contributed by atoms with Crippen molar-refractivity contribution in [2.45, 2.75) is 25.2 Å². The summed E-state index contributed by atoms with van der Waals surface area (Å²) in [5.74, 6) is -1.64. The standard InChI is InChI=1S/C14H18ClNO4S/c1-9-3-4-13(12(15)6-9)21(19,20)16-7-10(2)5-11(8-16)14(17)18/h3-4,6,10-11H,5,7-8H2,1-2H3,(H,17,18). The number of hydrogen-bond donors (Lipinski definition) is 1. The number of piperidine rings is 1. The van der Waals surface area contributed by atoms with E-state index in [2.05, 4.69) is 0 Å². The molecule has 1 aromatic rings. The fraction of sp³-hybridized carbons (Fsp3) is 0.500. The molecule has 0 bridgehead atoms. The predicted molar refractivity (Wildman–Crippen MR) is 79.9 cm³/mol. The Bertz CT molecular complexity index is 659. The van der Waals surface area contributed by atoms with Crippen LogP contribution in [0.15, 0.2) is 23.1 Å². The molecule has 0 aromatic heterocycles. The Morgan fingerprint density at radius 1 is 1.38 bits per heavy atom. The van der Waals surface area contributed by atoms with E-state index >= 15 is 0 Å². The first-order chi connectivity index (χ1) is 9.71. The number of nitrogens with zero attached hydrogens (tertiary/aromatic N) is 1. The third kappa shape index (κ3) is 3.39. The SMILES string of the molecule is Cc1ccc(S(=O)(=O)N2CC(C)CC(C(=O)O)C2)c(Cl)c1. The molecule has 2 unspecified atom stereocenters. The lowest BCUT2D eigenvalue weighted by molar-refractivity contribution is -0.143. The Balaban J connectivity index is 2.36. The summed E-state index contributed by atoms with van der Waals surface area (Å²) in [5.41, 5.74) is 0.870. The molecule has 116 valence electrons. The van der Waals surface area contributed by atoms with Crippen molar-refractivity contribution in [3.05, 3.63) is 28.8 Å². The number of benzene rings is 1. The van der Waals surface area contributed by atoms with Crippen LogP contribution in [-0.4, -0.2) is 36.9 Å². The lowest BCUT2D eigenvalue weighted by Gasteiger charge is -2.33. The molecule has 21 heavy (non-hydrogen) atoms. The van der Waals surface area contributed by atoms with E-state index in [0.717, 1.165) is 5.56 Å². The zero-order valence-corrected chi connectivity index (χ0v) is 13.5. The summed E-state index contributed by atoms with van der Waals surface area (Å²) in [6.45, 7) is 3.99. The number of hydrogen-bond acceptors (Lipinski definition) is 3. The molecule has 1 heterocycles. The van der Waals surface area contributed by atoms with Gasteiger partial charge in [0, 0.05) is 13.1 Å². The van der Waals surface area contributed by atoms with Crippen LogP contribution >= 0.6 is 11.6 Å². The van der Waals surface area contributed by atoms with Crippen LogP contribution in [0.5, 0.6) is 0 Å². The largest absolute Gasteiger partial charge is 0.481 e. The number of rotatable bonds is 3. The first-order valence-corrected chi connectivity index (χ1v) is 8.52. The van der Waals surface area contributed by atoms with E-state index < -0.39 is 21.9 Å². The second-order valence-corrected chi connectivity index (χ2v) is 7.95. The van der Waals surface area contributed by atoms with Gasteiger partial charge in [0.2, 0.25) is 10.0 Å². The van der Waals surface area contributed by atoms with E-state index in [1.54, 1.807) is 12.1 Å². The quantitative estimate of drug-likeness (QED) is 0.922. The van der Waals surface area contributed by atoms with Gasteiger partial charge >= 0.3 is 5.97 Å². The van der Waals surface area contributed by atoms with Crippen molar-refractivity contribution >= 4 is 27.6 Å². The summed E-state index contributed by atoms with van der Waals surface area (Å²) in [6.07, 6.45) is 0.489. The first-order valence-electron chi connectivity index (χ1n) is 6.71. The van der Waals surface area contributed by atoms with Gasteiger partial charge in [0.25, 0.3) is 0 Å². The number of carboxylic acids is 1. The lowest BCUT2D eigenvalue weighted by atomic mass is 9.92. The maximum atomic E-state index is 12.7. The van der Waals surface area contributed by atoms with E-state index in [1.165, 1.54) is 10.4 Å². The monoisotopic (exact) mass is 331 g/mol. The highest BCUT2D eigenvalue weighted by Crippen LogP contribution is 2.30. The normalized spacial score (nSPS) is 24.0. The summed E-state index contributed by atoms with van der Waals surface area (Å²) in [5, 5.41) is 9.32. The Morgan fingerprint density at radius 3 is 2.62 bits per heavy atom. The van der Waals surface area contributed by atoms with Gasteiger partial charge in [-0.2, -0.15) is 4.31 Å². The molecule has 0 spiro atoms. The highest BCUT2D eigenvalue weighted by atomic mass is 35.5. The van der Waals surface area contributed by atoms with Gasteiger partial charge in [-0.05, 0) is 37.0 Å². The van der Waals surface area contributed by atoms with Crippen LogP contribution in [0.2, 0.25) is 5.02 Å². The molecule has 0 saturated carbocycles. The van der Waals surface area contributed by atoms with Gasteiger partial charge in [-0.15, -0.1) is 0 Å². The van der Waals surface area contributed by atoms with Crippen molar-refractivity contribution in [3.8, 4) is 0 Å². The Morgan fingerprint density at radius 2 is 2.05 bits per heavy atom. The molecular formula is C14H18ClNO4S. The molecule has 2 rings (SSSR count). The minimum Gasteiger partial charge on any atom is -0.481 e. The summed E-state index contributed by atoms with van der Waals surface area (Å²) in [4.78, 5) is 11.2. The van der Waals surface area contributed by atoms with Crippen molar-refractivity contribution in [1.82, 2.24) is 4.31 Å². The number of aryl methyl sites for hydroxylation is 1. The van der Waals surface area contributed by atoms with E-state index in [1.807, 2.05) is 13.8 Å². The van der Waals surface area contributed by atoms with Gasteiger partial charge in [0.05, 0.1) is 10.9 Å². The van der Waals surface area contributed by atoms with Gasteiger partial charge < -0.3 is 5.11 Å². The van der Waals surface area contributed by atoms with Gasteiger partial charge in [-0.3, -0.25) is 4.79 Å². The highest BCUT2D eigenvalue weighted by molar-refractivity contribution is 7.89. The minimum absolute atomic E-state index is 0.00107. The van der Waals surface area contributed by atoms with E-state index in [-0.39, 0.29) is 22.4 Å². The molecule has 1 saturated heterocycles. The smallest absolute Gasteiger partial charge is 0.307 e. The van der Waals surface area contributed by atoms with Crippen LogP contribution in [0.4, 0.5) is 0 Å². The Labute approximate surface area is 129 Å². The fourth-order valence-electron chi connectivity index (χ4n) is 2.63. The molecule has 1 N–H and O–H groups in total. The van der Waals surface area contributed by atoms with Gasteiger partial charge in [-0.1, -0.05) is 24.6 Å². The average molecular weight is 332 g/mol. The van der Waals surface area contributed by atoms with Crippen LogP contribution in [0.3, 0.4) is 0 Å². The predicted octanol–water partition coefficient (Wildman–Crippen LogP) is 2.38. The highest BCUT2D eigenvalue weighted by Gasteiger charge is 2.36. The average Bonchev–Trinajstić information content (AvgIpc) is 2.37. The maximum absolute atomic E-state index is 12.7. The number of sulfonamides is 1. The molecule has 1 fully saturated rings. The number of carbonyl (C=O) groups is 1. The molecule has 0 radical (unpaired) electrons. The molecule has 1 aliphatic rings. The van der Waals surface area contributed by atoms with Crippen LogP contribution in [-0.2, 0) is 14.8 Å². The molecular weight excluding hydrogens is 314 g/mol. The zero-order valence-electron chi connectivity index (χ0n) is 11.9. The van der Waals surface area contributed by atoms with Crippen molar-refractivity contribution in [2.24, 2.45) is 11.8 Å². The molecule has 2 atom stereocenters. The Kier molecular flexibility index (Phi) is 4.60. The van der Waals surface area contributed by atoms with E-state index in [0.29, 0.717) is 13.0 Å². The lowest BCUT2D eigenvalue weighted by Crippen LogP contribution is -2.45. The topological polar surface area (TPSA) is 74.7 Å². The third-order valence-corrected chi connectivity index (χ3v) is 6.00. The van der Waals surface area contributed by atoms with E-state index in [9.17, 15) is 13.2 Å². The minimum atomic E-state index is -3.77. The summed E-state index contributed by atoms with van der Waals surface area (Å²) < 4.78 is 26.6. The van der Waals surface area contributed by atoms with Gasteiger partial charge in [-0.25, -0.2) is 8.42 Å². The molecule has 0 amide bonds. The van der Waals surface area contributed by atoms with Crippen molar-refractivity contribution in [2.75, 3.05) is 13.1 Å². The van der Waals surface area contributed by atoms with Gasteiger partial charge in [0.15, 0.2) is 0 Å². The molecule has 1 aromatic carbocycles. The van der Waals surface area contributed by atoms with Crippen LogP contribution < -0.4 is 0 Å². The second kappa shape index (κ2) is 5.94. The maximum Gasteiger partial charge on any atom is 0.307 e. The van der Waals surface area contributed by atoms with E-state index in [4.69, 9.17) is 16.7 Å².